The van der Waals surface area contributed by atoms with Gasteiger partial charge in [-0.15, -0.1) is 5.10 Å². The number of hydrogen-bond donors (Lipinski definition) is 1. The normalized spacial score (nSPS) is 10.6. The highest BCUT2D eigenvalue weighted by atomic mass is 16.6. The Bertz CT molecular complexity index is 901. The number of nitrogens with zero attached hydrogens (tertiary/aromatic N) is 6. The standard InChI is InChI=1S/C15H15N7O3/c1-11-7-13(22(24)25)18-21(11)9-14(23)17-15-16-10-20(19-15)8-12-5-3-2-4-6-12/h2-7,10H,8-9H2,1H3,(H,17,19,23). The highest BCUT2D eigenvalue weighted by molar-refractivity contribution is 5.88. The molecule has 0 aliphatic carbocycles. The van der Waals surface area contributed by atoms with E-state index in [0.717, 1.165) is 5.56 Å². The molecule has 0 saturated carbocycles. The quantitative estimate of drug-likeness (QED) is 0.534. The van der Waals surface area contributed by atoms with Crippen molar-refractivity contribution in [1.29, 1.82) is 0 Å². The zero-order valence-corrected chi connectivity index (χ0v) is 13.4. The molecule has 0 aliphatic rings. The Kier molecular flexibility index (Phi) is 4.50. The molecule has 1 N–H and O–H groups in total. The number of carbonyl (C=O) groups is 1. The molecule has 0 spiro atoms. The number of anilines is 1. The van der Waals surface area contributed by atoms with E-state index in [-0.39, 0.29) is 18.3 Å². The summed E-state index contributed by atoms with van der Waals surface area (Å²) >= 11 is 0. The van der Waals surface area contributed by atoms with Crippen molar-refractivity contribution in [2.45, 2.75) is 20.0 Å². The van der Waals surface area contributed by atoms with Crippen molar-refractivity contribution < 1.29 is 9.72 Å². The minimum Gasteiger partial charge on any atom is -0.358 e. The summed E-state index contributed by atoms with van der Waals surface area (Å²) in [4.78, 5) is 26.2. The molecule has 0 atom stereocenters. The Morgan fingerprint density at radius 1 is 1.28 bits per heavy atom. The van der Waals surface area contributed by atoms with Crippen LogP contribution in [0.25, 0.3) is 0 Å². The van der Waals surface area contributed by atoms with Gasteiger partial charge in [0, 0.05) is 0 Å². The number of carbonyl (C=O) groups excluding carboxylic acids is 1. The molecule has 10 heteroatoms. The smallest absolute Gasteiger partial charge is 0.358 e. The molecule has 0 unspecified atom stereocenters. The minimum atomic E-state index is -0.603. The third-order valence-electron chi connectivity index (χ3n) is 3.42. The highest BCUT2D eigenvalue weighted by Gasteiger charge is 2.18. The summed E-state index contributed by atoms with van der Waals surface area (Å²) in [5, 5.41) is 21.2. The maximum atomic E-state index is 12.0. The van der Waals surface area contributed by atoms with Gasteiger partial charge in [-0.05, 0) is 17.4 Å². The van der Waals surface area contributed by atoms with Gasteiger partial charge >= 0.3 is 5.82 Å². The number of amides is 1. The lowest BCUT2D eigenvalue weighted by Crippen LogP contribution is -2.21. The third kappa shape index (κ3) is 4.05. The van der Waals surface area contributed by atoms with Gasteiger partial charge < -0.3 is 10.1 Å². The lowest BCUT2D eigenvalue weighted by atomic mass is 10.2. The van der Waals surface area contributed by atoms with Crippen LogP contribution >= 0.6 is 0 Å². The molecule has 0 bridgehead atoms. The summed E-state index contributed by atoms with van der Waals surface area (Å²) in [5.41, 5.74) is 1.58. The van der Waals surface area contributed by atoms with E-state index in [1.165, 1.54) is 17.1 Å². The van der Waals surface area contributed by atoms with Gasteiger partial charge in [0.25, 0.3) is 5.91 Å². The number of rotatable bonds is 6. The van der Waals surface area contributed by atoms with Crippen LogP contribution in [0.3, 0.4) is 0 Å². The van der Waals surface area contributed by atoms with Crippen LogP contribution in [-0.4, -0.2) is 35.4 Å². The molecule has 1 amide bonds. The van der Waals surface area contributed by atoms with E-state index in [0.29, 0.717) is 12.2 Å². The van der Waals surface area contributed by atoms with Crippen molar-refractivity contribution >= 4 is 17.7 Å². The first-order chi connectivity index (χ1) is 12.0. The fourth-order valence-electron chi connectivity index (χ4n) is 2.24. The molecule has 1 aromatic carbocycles. The fraction of sp³-hybridized carbons (Fsp3) is 0.200. The molecule has 0 aliphatic heterocycles. The van der Waals surface area contributed by atoms with E-state index in [2.05, 4.69) is 20.5 Å². The first-order valence-corrected chi connectivity index (χ1v) is 7.43. The number of hydrogen-bond acceptors (Lipinski definition) is 6. The maximum Gasteiger partial charge on any atom is 0.390 e. The van der Waals surface area contributed by atoms with Gasteiger partial charge in [-0.3, -0.25) is 10.1 Å². The molecular weight excluding hydrogens is 326 g/mol. The predicted octanol–water partition coefficient (Wildman–Crippen LogP) is 1.38. The van der Waals surface area contributed by atoms with E-state index in [1.807, 2.05) is 30.3 Å². The van der Waals surface area contributed by atoms with Crippen LogP contribution in [0.15, 0.2) is 42.7 Å². The summed E-state index contributed by atoms with van der Waals surface area (Å²) in [7, 11) is 0. The second-order valence-electron chi connectivity index (χ2n) is 5.36. The van der Waals surface area contributed by atoms with Crippen molar-refractivity contribution in [1.82, 2.24) is 24.5 Å². The van der Waals surface area contributed by atoms with E-state index in [4.69, 9.17) is 0 Å². The predicted molar refractivity (Wildman–Crippen MR) is 87.8 cm³/mol. The van der Waals surface area contributed by atoms with E-state index in [9.17, 15) is 14.9 Å². The molecule has 3 aromatic rings. The second-order valence-corrected chi connectivity index (χ2v) is 5.36. The van der Waals surface area contributed by atoms with Gasteiger partial charge in [0.05, 0.1) is 23.4 Å². The molecule has 0 saturated heterocycles. The molecule has 25 heavy (non-hydrogen) atoms. The Hall–Kier alpha value is -3.56. The average molecular weight is 341 g/mol. The maximum absolute atomic E-state index is 12.0. The minimum absolute atomic E-state index is 0.160. The van der Waals surface area contributed by atoms with Crippen molar-refractivity contribution in [3.63, 3.8) is 0 Å². The number of aryl methyl sites for hydroxylation is 1. The molecule has 10 nitrogen and oxygen atoms in total. The van der Waals surface area contributed by atoms with Crippen LogP contribution in [0.5, 0.6) is 0 Å². The number of aromatic nitrogens is 5. The average Bonchev–Trinajstić information content (AvgIpc) is 3.15. The van der Waals surface area contributed by atoms with Gasteiger partial charge in [0.1, 0.15) is 12.9 Å². The van der Waals surface area contributed by atoms with Crippen molar-refractivity contribution in [3.8, 4) is 0 Å². The van der Waals surface area contributed by atoms with Gasteiger partial charge in [-0.25, -0.2) is 9.67 Å². The summed E-state index contributed by atoms with van der Waals surface area (Å²) in [6.07, 6.45) is 1.52. The lowest BCUT2D eigenvalue weighted by Gasteiger charge is -2.01. The fourth-order valence-corrected chi connectivity index (χ4v) is 2.24. The van der Waals surface area contributed by atoms with Crippen molar-refractivity contribution in [2.24, 2.45) is 0 Å². The Balaban J connectivity index is 1.61. The monoisotopic (exact) mass is 341 g/mol. The van der Waals surface area contributed by atoms with Crippen LogP contribution in [0.1, 0.15) is 11.3 Å². The van der Waals surface area contributed by atoms with Crippen molar-refractivity contribution in [3.05, 3.63) is 64.1 Å². The molecule has 3 rings (SSSR count). The SMILES string of the molecule is Cc1cc([N+](=O)[O-])nn1CC(=O)Nc1ncn(Cc2ccccc2)n1. The molecule has 2 heterocycles. The van der Waals surface area contributed by atoms with Crippen LogP contribution in [0.2, 0.25) is 0 Å². The van der Waals surface area contributed by atoms with Crippen molar-refractivity contribution in [2.75, 3.05) is 5.32 Å². The first kappa shape index (κ1) is 16.3. The van der Waals surface area contributed by atoms with Crippen LogP contribution < -0.4 is 5.32 Å². The lowest BCUT2D eigenvalue weighted by molar-refractivity contribution is -0.389. The van der Waals surface area contributed by atoms with Gasteiger partial charge in [-0.1, -0.05) is 30.3 Å². The molecular formula is C15H15N7O3. The summed E-state index contributed by atoms with van der Waals surface area (Å²) < 4.78 is 2.86. The zero-order valence-electron chi connectivity index (χ0n) is 13.4. The summed E-state index contributed by atoms with van der Waals surface area (Å²) in [5.74, 6) is -0.547. The van der Waals surface area contributed by atoms with Crippen LogP contribution in [0.4, 0.5) is 11.8 Å². The Labute approximate surface area is 142 Å². The van der Waals surface area contributed by atoms with E-state index in [1.54, 1.807) is 11.6 Å². The largest absolute Gasteiger partial charge is 0.390 e. The third-order valence-corrected chi connectivity index (χ3v) is 3.42. The van der Waals surface area contributed by atoms with Gasteiger partial charge in [0.15, 0.2) is 0 Å². The summed E-state index contributed by atoms with van der Waals surface area (Å²) in [6.45, 7) is 2.02. The second kappa shape index (κ2) is 6.91. The number of benzene rings is 1. The van der Waals surface area contributed by atoms with Gasteiger partial charge in [0.2, 0.25) is 5.95 Å². The summed E-state index contributed by atoms with van der Waals surface area (Å²) in [6, 6.07) is 11.0. The first-order valence-electron chi connectivity index (χ1n) is 7.43. The van der Waals surface area contributed by atoms with Crippen LogP contribution in [-0.2, 0) is 17.9 Å². The Morgan fingerprint density at radius 2 is 2.04 bits per heavy atom. The van der Waals surface area contributed by atoms with E-state index < -0.39 is 10.8 Å². The zero-order chi connectivity index (χ0) is 17.8. The molecule has 2 aromatic heterocycles. The van der Waals surface area contributed by atoms with Gasteiger partial charge in [-0.2, -0.15) is 4.68 Å². The van der Waals surface area contributed by atoms with E-state index >= 15 is 0 Å². The number of nitro groups is 1. The molecule has 128 valence electrons. The molecule has 0 fully saturated rings. The van der Waals surface area contributed by atoms with Crippen LogP contribution in [0, 0.1) is 17.0 Å². The highest BCUT2D eigenvalue weighted by Crippen LogP contribution is 2.11. The Morgan fingerprint density at radius 3 is 2.72 bits per heavy atom. The molecule has 0 radical (unpaired) electrons. The number of nitrogens with one attached hydrogen (secondary N) is 1. The topological polar surface area (TPSA) is 121 Å².